The van der Waals surface area contributed by atoms with Gasteiger partial charge in [-0.15, -0.1) is 0 Å². The van der Waals surface area contributed by atoms with Gasteiger partial charge in [0.25, 0.3) is 0 Å². The van der Waals surface area contributed by atoms with Crippen LogP contribution in [-0.4, -0.2) is 14.0 Å². The lowest BCUT2D eigenvalue weighted by Crippen LogP contribution is -2.27. The minimum Gasteiger partial charge on any atom is -0.412 e. The van der Waals surface area contributed by atoms with Gasteiger partial charge in [-0.05, 0) is 30.6 Å². The molecular formula is C13H24N2OSi. The van der Waals surface area contributed by atoms with Gasteiger partial charge in [-0.25, -0.2) is 0 Å². The molecule has 0 fully saturated rings. The summed E-state index contributed by atoms with van der Waals surface area (Å²) in [5, 5.41) is 0. The molecule has 0 spiro atoms. The Morgan fingerprint density at radius 2 is 2.00 bits per heavy atom. The van der Waals surface area contributed by atoms with Crippen molar-refractivity contribution >= 4 is 9.04 Å². The molecule has 3 nitrogen and oxygen atoms in total. The fraction of sp³-hybridized carbons (Fsp3) is 0.615. The summed E-state index contributed by atoms with van der Waals surface area (Å²) in [6, 6.07) is 6.00. The fourth-order valence-electron chi connectivity index (χ4n) is 1.75. The summed E-state index contributed by atoms with van der Waals surface area (Å²) >= 11 is 0. The van der Waals surface area contributed by atoms with Crippen molar-refractivity contribution in [3.63, 3.8) is 0 Å². The van der Waals surface area contributed by atoms with E-state index in [1.807, 2.05) is 18.2 Å². The number of hydrogen-bond donors (Lipinski definition) is 1. The van der Waals surface area contributed by atoms with Crippen LogP contribution in [0.25, 0.3) is 0 Å². The number of rotatable bonds is 4. The zero-order valence-electron chi connectivity index (χ0n) is 11.5. The summed E-state index contributed by atoms with van der Waals surface area (Å²) in [6.45, 7) is 11.4. The third-order valence-corrected chi connectivity index (χ3v) is 3.32. The molecule has 0 saturated heterocycles. The van der Waals surface area contributed by atoms with E-state index in [1.54, 1.807) is 0 Å². The second-order valence-corrected chi connectivity index (χ2v) is 8.06. The average molecular weight is 252 g/mol. The molecule has 1 unspecified atom stereocenters. The van der Waals surface area contributed by atoms with E-state index in [9.17, 15) is 0 Å². The quantitative estimate of drug-likeness (QED) is 0.838. The molecular weight excluding hydrogens is 228 g/mol. The number of nitrogens with two attached hydrogens (primary N) is 1. The van der Waals surface area contributed by atoms with Crippen LogP contribution in [0.1, 0.15) is 38.3 Å². The molecule has 4 heteroatoms. The highest BCUT2D eigenvalue weighted by atomic mass is 28.3. The molecule has 2 N–H and O–H groups in total. The Morgan fingerprint density at radius 1 is 1.35 bits per heavy atom. The fourth-order valence-corrected chi connectivity index (χ4v) is 2.84. The number of hydrogen-bond acceptors (Lipinski definition) is 3. The van der Waals surface area contributed by atoms with Gasteiger partial charge in [-0.2, -0.15) is 0 Å². The molecule has 0 aliphatic carbocycles. The first-order valence-electron chi connectivity index (χ1n) is 6.16. The smallest absolute Gasteiger partial charge is 0.171 e. The molecule has 0 bridgehead atoms. The van der Waals surface area contributed by atoms with Crippen LogP contribution < -0.4 is 5.73 Å². The molecule has 0 aromatic carbocycles. The van der Waals surface area contributed by atoms with Crippen molar-refractivity contribution in [2.24, 2.45) is 11.1 Å². The van der Waals surface area contributed by atoms with Crippen molar-refractivity contribution in [1.29, 1.82) is 0 Å². The lowest BCUT2D eigenvalue weighted by Gasteiger charge is -2.32. The summed E-state index contributed by atoms with van der Waals surface area (Å²) in [6.07, 6.45) is 0.0562. The molecule has 1 aromatic heterocycles. The number of pyridine rings is 1. The van der Waals surface area contributed by atoms with E-state index in [2.05, 4.69) is 38.8 Å². The molecule has 0 radical (unpaired) electrons. The number of nitrogens with zero attached hydrogens (tertiary/aromatic N) is 1. The Morgan fingerprint density at radius 3 is 2.47 bits per heavy atom. The van der Waals surface area contributed by atoms with E-state index in [0.717, 1.165) is 11.4 Å². The maximum absolute atomic E-state index is 6.14. The Kier molecular flexibility index (Phi) is 4.86. The molecule has 0 amide bonds. The SMILES string of the molecule is C[SiH](C)OC(c1cccc(CN)n1)C(C)(C)C. The van der Waals surface area contributed by atoms with Gasteiger partial charge in [0.2, 0.25) is 0 Å². The Labute approximate surface area is 106 Å². The first-order chi connectivity index (χ1) is 7.84. The van der Waals surface area contributed by atoms with Crippen LogP contribution in [0, 0.1) is 5.41 Å². The van der Waals surface area contributed by atoms with E-state index in [4.69, 9.17) is 10.2 Å². The first kappa shape index (κ1) is 14.3. The van der Waals surface area contributed by atoms with Gasteiger partial charge in [0.15, 0.2) is 9.04 Å². The largest absolute Gasteiger partial charge is 0.412 e. The van der Waals surface area contributed by atoms with Crippen LogP contribution in [-0.2, 0) is 11.0 Å². The summed E-state index contributed by atoms with van der Waals surface area (Å²) in [7, 11) is -1.09. The highest BCUT2D eigenvalue weighted by Crippen LogP contribution is 2.35. The van der Waals surface area contributed by atoms with Gasteiger partial charge >= 0.3 is 0 Å². The van der Waals surface area contributed by atoms with Crippen molar-refractivity contribution in [2.45, 2.75) is 46.5 Å². The van der Waals surface area contributed by atoms with Crippen LogP contribution >= 0.6 is 0 Å². The first-order valence-corrected chi connectivity index (χ1v) is 8.94. The van der Waals surface area contributed by atoms with E-state index in [1.165, 1.54) is 0 Å². The summed E-state index contributed by atoms with van der Waals surface area (Å²) in [4.78, 5) is 4.58. The van der Waals surface area contributed by atoms with Crippen LogP contribution in [0.5, 0.6) is 0 Å². The predicted molar refractivity (Wildman–Crippen MR) is 74.3 cm³/mol. The van der Waals surface area contributed by atoms with Gasteiger partial charge in [-0.1, -0.05) is 26.8 Å². The van der Waals surface area contributed by atoms with Crippen LogP contribution in [0.3, 0.4) is 0 Å². The molecule has 1 aromatic rings. The lowest BCUT2D eigenvalue weighted by atomic mass is 9.87. The zero-order chi connectivity index (χ0) is 13.1. The highest BCUT2D eigenvalue weighted by Gasteiger charge is 2.29. The Bertz CT molecular complexity index is 361. The predicted octanol–water partition coefficient (Wildman–Crippen LogP) is 2.63. The summed E-state index contributed by atoms with van der Waals surface area (Å²) in [5.74, 6) is 0. The maximum atomic E-state index is 6.14. The van der Waals surface area contributed by atoms with Crippen LogP contribution in [0.15, 0.2) is 18.2 Å². The molecule has 0 aliphatic rings. The minimum absolute atomic E-state index is 0.0531. The average Bonchev–Trinajstić information content (AvgIpc) is 2.24. The van der Waals surface area contributed by atoms with Gasteiger partial charge in [-0.3, -0.25) is 4.98 Å². The zero-order valence-corrected chi connectivity index (χ0v) is 12.7. The van der Waals surface area contributed by atoms with E-state index in [-0.39, 0.29) is 11.5 Å². The van der Waals surface area contributed by atoms with Crippen LogP contribution in [0.4, 0.5) is 0 Å². The maximum Gasteiger partial charge on any atom is 0.171 e. The van der Waals surface area contributed by atoms with E-state index < -0.39 is 9.04 Å². The molecule has 1 rings (SSSR count). The van der Waals surface area contributed by atoms with Crippen molar-refractivity contribution in [3.8, 4) is 0 Å². The van der Waals surface area contributed by atoms with Crippen molar-refractivity contribution in [3.05, 3.63) is 29.6 Å². The van der Waals surface area contributed by atoms with Crippen molar-refractivity contribution in [2.75, 3.05) is 0 Å². The van der Waals surface area contributed by atoms with Crippen molar-refractivity contribution in [1.82, 2.24) is 4.98 Å². The molecule has 96 valence electrons. The second-order valence-electron chi connectivity index (χ2n) is 5.69. The summed E-state index contributed by atoms with van der Waals surface area (Å²) in [5.41, 5.74) is 7.61. The highest BCUT2D eigenvalue weighted by molar-refractivity contribution is 6.48. The Balaban J connectivity index is 3.04. The monoisotopic (exact) mass is 252 g/mol. The van der Waals surface area contributed by atoms with Gasteiger partial charge in [0, 0.05) is 6.54 Å². The van der Waals surface area contributed by atoms with Crippen molar-refractivity contribution < 1.29 is 4.43 Å². The topological polar surface area (TPSA) is 48.1 Å². The summed E-state index contributed by atoms with van der Waals surface area (Å²) < 4.78 is 6.14. The molecule has 0 saturated carbocycles. The molecule has 17 heavy (non-hydrogen) atoms. The van der Waals surface area contributed by atoms with Gasteiger partial charge < -0.3 is 10.2 Å². The standard InChI is InChI=1S/C13H24N2OSi/c1-13(2,3)12(16-17(4)5)11-8-6-7-10(9-14)15-11/h6-8,12,17H,9,14H2,1-5H3. The Hall–Kier alpha value is -0.713. The molecule has 0 aliphatic heterocycles. The van der Waals surface area contributed by atoms with Gasteiger partial charge in [0.05, 0.1) is 17.5 Å². The molecule has 1 heterocycles. The normalized spacial score (nSPS) is 14.1. The number of aromatic nitrogens is 1. The third kappa shape index (κ3) is 4.22. The third-order valence-electron chi connectivity index (χ3n) is 2.50. The van der Waals surface area contributed by atoms with Crippen LogP contribution in [0.2, 0.25) is 13.1 Å². The van der Waals surface area contributed by atoms with E-state index >= 15 is 0 Å². The minimum atomic E-state index is -1.09. The lowest BCUT2D eigenvalue weighted by molar-refractivity contribution is 0.0825. The second kappa shape index (κ2) is 5.75. The van der Waals surface area contributed by atoms with Gasteiger partial charge in [0.1, 0.15) is 0 Å². The van der Waals surface area contributed by atoms with E-state index in [0.29, 0.717) is 6.54 Å². The molecule has 1 atom stereocenters.